The molecule has 0 atom stereocenters. The molecule has 2 N–H and O–H groups in total. The minimum atomic E-state index is -0.369. The van der Waals surface area contributed by atoms with Gasteiger partial charge in [-0.15, -0.1) is 0 Å². The fraction of sp³-hybridized carbons (Fsp3) is 0.222. The van der Waals surface area contributed by atoms with E-state index in [0.29, 0.717) is 24.5 Å². The maximum atomic E-state index is 13.9. The topological polar surface area (TPSA) is 63.2 Å². The molecular weight excluding hydrogens is 309 g/mol. The number of hydrogen-bond acceptors (Lipinski definition) is 4. The summed E-state index contributed by atoms with van der Waals surface area (Å²) in [4.78, 5) is 16.3. The van der Waals surface area contributed by atoms with Crippen molar-refractivity contribution >= 4 is 23.4 Å². The second-order valence-electron chi connectivity index (χ2n) is 5.01. The van der Waals surface area contributed by atoms with E-state index in [9.17, 15) is 9.18 Å². The normalized spacial score (nSPS) is 10.8. The zero-order chi connectivity index (χ0) is 17.4. The molecule has 0 spiro atoms. The number of halogens is 1. The van der Waals surface area contributed by atoms with Crippen LogP contribution in [0.2, 0.25) is 0 Å². The van der Waals surface area contributed by atoms with Gasteiger partial charge in [0.2, 0.25) is 0 Å². The predicted octanol–water partition coefficient (Wildman–Crippen LogP) is 3.37. The van der Waals surface area contributed by atoms with E-state index in [2.05, 4.69) is 15.6 Å². The first kappa shape index (κ1) is 17.6. The number of carbonyl (C=O) groups is 1. The molecule has 5 nitrogen and oxygen atoms in total. The number of benzene rings is 1. The van der Waals surface area contributed by atoms with Gasteiger partial charge in [-0.05, 0) is 25.1 Å². The highest BCUT2D eigenvalue weighted by Gasteiger charge is 2.11. The third-order valence-electron chi connectivity index (χ3n) is 3.25. The Morgan fingerprint density at radius 3 is 2.83 bits per heavy atom. The average Bonchev–Trinajstić information content (AvgIpc) is 2.58. The lowest BCUT2D eigenvalue weighted by Crippen LogP contribution is -2.27. The summed E-state index contributed by atoms with van der Waals surface area (Å²) in [6, 6.07) is 7.96. The number of nitrogens with one attached hydrogen (secondary N) is 2. The Hall–Kier alpha value is -2.73. The Bertz CT molecular complexity index is 732. The van der Waals surface area contributed by atoms with Crippen LogP contribution in [-0.4, -0.2) is 31.2 Å². The summed E-state index contributed by atoms with van der Waals surface area (Å²) >= 11 is 0. The van der Waals surface area contributed by atoms with E-state index < -0.39 is 0 Å². The summed E-state index contributed by atoms with van der Waals surface area (Å²) in [7, 11) is 1.56. The molecule has 0 bridgehead atoms. The SMILES string of the molecule is C/C=C/c1cnc(C(=O)NCCOC)cc1Nc1ccccc1F. The second-order valence-corrected chi connectivity index (χ2v) is 5.01. The highest BCUT2D eigenvalue weighted by Crippen LogP contribution is 2.24. The smallest absolute Gasteiger partial charge is 0.270 e. The first-order valence-corrected chi connectivity index (χ1v) is 7.57. The van der Waals surface area contributed by atoms with Crippen LogP contribution in [0.4, 0.5) is 15.8 Å². The molecule has 0 saturated carbocycles. The van der Waals surface area contributed by atoms with Gasteiger partial charge in [-0.2, -0.15) is 0 Å². The van der Waals surface area contributed by atoms with Crippen LogP contribution in [0.1, 0.15) is 23.0 Å². The predicted molar refractivity (Wildman–Crippen MR) is 92.8 cm³/mol. The van der Waals surface area contributed by atoms with Crippen molar-refractivity contribution in [2.75, 3.05) is 25.6 Å². The number of aromatic nitrogens is 1. The molecule has 0 fully saturated rings. The number of carbonyl (C=O) groups excluding carboxylic acids is 1. The van der Waals surface area contributed by atoms with Crippen LogP contribution >= 0.6 is 0 Å². The molecule has 1 amide bonds. The van der Waals surface area contributed by atoms with Crippen molar-refractivity contribution in [2.45, 2.75) is 6.92 Å². The Morgan fingerprint density at radius 2 is 2.12 bits per heavy atom. The quantitative estimate of drug-likeness (QED) is 0.765. The number of amides is 1. The molecule has 24 heavy (non-hydrogen) atoms. The van der Waals surface area contributed by atoms with Gasteiger partial charge in [-0.1, -0.05) is 24.3 Å². The molecule has 1 aromatic carbocycles. The number of rotatable bonds is 7. The van der Waals surface area contributed by atoms with Crippen LogP contribution in [0.15, 0.2) is 42.6 Å². The molecule has 1 aromatic heterocycles. The highest BCUT2D eigenvalue weighted by molar-refractivity contribution is 5.94. The molecule has 2 aromatic rings. The maximum absolute atomic E-state index is 13.9. The van der Waals surface area contributed by atoms with Gasteiger partial charge in [0.05, 0.1) is 12.3 Å². The van der Waals surface area contributed by atoms with Gasteiger partial charge < -0.3 is 15.4 Å². The van der Waals surface area contributed by atoms with Gasteiger partial charge in [-0.25, -0.2) is 4.39 Å². The van der Waals surface area contributed by atoms with Crippen LogP contribution in [-0.2, 0) is 4.74 Å². The Kier molecular flexibility index (Phi) is 6.45. The van der Waals surface area contributed by atoms with E-state index in [1.807, 2.05) is 19.1 Å². The minimum absolute atomic E-state index is 0.248. The first-order chi connectivity index (χ1) is 11.7. The number of allylic oxidation sites excluding steroid dienone is 1. The second kappa shape index (κ2) is 8.79. The summed E-state index contributed by atoms with van der Waals surface area (Å²) in [5.74, 6) is -0.678. The van der Waals surface area contributed by atoms with Gasteiger partial charge in [0.1, 0.15) is 11.5 Å². The highest BCUT2D eigenvalue weighted by atomic mass is 19.1. The fourth-order valence-electron chi connectivity index (χ4n) is 2.08. The lowest BCUT2D eigenvalue weighted by atomic mass is 10.1. The third-order valence-corrected chi connectivity index (χ3v) is 3.25. The Balaban J connectivity index is 2.28. The molecule has 0 aliphatic rings. The molecule has 2 rings (SSSR count). The summed E-state index contributed by atoms with van der Waals surface area (Å²) in [5.41, 5.74) is 1.94. The number of hydrogen-bond donors (Lipinski definition) is 2. The molecule has 126 valence electrons. The van der Waals surface area contributed by atoms with E-state index in [1.54, 1.807) is 37.6 Å². The average molecular weight is 329 g/mol. The van der Waals surface area contributed by atoms with Crippen LogP contribution in [0.25, 0.3) is 6.08 Å². The van der Waals surface area contributed by atoms with E-state index in [0.717, 1.165) is 5.56 Å². The van der Waals surface area contributed by atoms with Crippen molar-refractivity contribution in [2.24, 2.45) is 0 Å². The monoisotopic (exact) mass is 329 g/mol. The lowest BCUT2D eigenvalue weighted by Gasteiger charge is -2.12. The zero-order valence-corrected chi connectivity index (χ0v) is 13.7. The summed E-state index contributed by atoms with van der Waals surface area (Å²) in [5, 5.41) is 5.72. The first-order valence-electron chi connectivity index (χ1n) is 7.57. The van der Waals surface area contributed by atoms with Crippen molar-refractivity contribution in [3.05, 3.63) is 59.7 Å². The van der Waals surface area contributed by atoms with Crippen LogP contribution < -0.4 is 10.6 Å². The van der Waals surface area contributed by atoms with E-state index >= 15 is 0 Å². The summed E-state index contributed by atoms with van der Waals surface area (Å²) in [6.45, 7) is 2.69. The van der Waals surface area contributed by atoms with Crippen molar-refractivity contribution in [1.82, 2.24) is 10.3 Å². The molecule has 1 heterocycles. The van der Waals surface area contributed by atoms with Gasteiger partial charge in [0, 0.05) is 31.1 Å². The number of nitrogens with zero attached hydrogens (tertiary/aromatic N) is 1. The van der Waals surface area contributed by atoms with E-state index in [1.165, 1.54) is 6.07 Å². The molecule has 0 aliphatic carbocycles. The Labute approximate surface area is 140 Å². The number of pyridine rings is 1. The maximum Gasteiger partial charge on any atom is 0.270 e. The fourth-order valence-corrected chi connectivity index (χ4v) is 2.08. The number of para-hydroxylation sites is 1. The molecule has 0 radical (unpaired) electrons. The molecular formula is C18H20FN3O2. The third kappa shape index (κ3) is 4.63. The summed E-state index contributed by atoms with van der Waals surface area (Å²) < 4.78 is 18.8. The number of anilines is 2. The van der Waals surface area contributed by atoms with Crippen molar-refractivity contribution in [3.63, 3.8) is 0 Å². The van der Waals surface area contributed by atoms with Crippen molar-refractivity contribution in [3.8, 4) is 0 Å². The van der Waals surface area contributed by atoms with Crippen molar-refractivity contribution < 1.29 is 13.9 Å². The molecule has 0 aliphatic heterocycles. The van der Waals surface area contributed by atoms with Crippen LogP contribution in [0, 0.1) is 5.82 Å². The minimum Gasteiger partial charge on any atom is -0.383 e. The summed E-state index contributed by atoms with van der Waals surface area (Å²) in [6.07, 6.45) is 5.26. The standard InChI is InChI=1S/C18H20FN3O2/c1-3-6-13-12-21-17(18(23)20-9-10-24-2)11-16(13)22-15-8-5-4-7-14(15)19/h3-8,11-12H,9-10H2,1-2H3,(H,20,23)(H,21,22)/b6-3+. The van der Waals surface area contributed by atoms with Crippen LogP contribution in [0.5, 0.6) is 0 Å². The molecule has 0 unspecified atom stereocenters. The van der Waals surface area contributed by atoms with Gasteiger partial charge in [0.25, 0.3) is 5.91 Å². The molecule has 0 saturated heterocycles. The van der Waals surface area contributed by atoms with Crippen molar-refractivity contribution in [1.29, 1.82) is 0 Å². The zero-order valence-electron chi connectivity index (χ0n) is 13.7. The van der Waals surface area contributed by atoms with Gasteiger partial charge in [-0.3, -0.25) is 9.78 Å². The van der Waals surface area contributed by atoms with Gasteiger partial charge in [0.15, 0.2) is 0 Å². The van der Waals surface area contributed by atoms with E-state index in [4.69, 9.17) is 4.74 Å². The largest absolute Gasteiger partial charge is 0.383 e. The van der Waals surface area contributed by atoms with Crippen LogP contribution in [0.3, 0.4) is 0 Å². The van der Waals surface area contributed by atoms with E-state index in [-0.39, 0.29) is 17.4 Å². The lowest BCUT2D eigenvalue weighted by molar-refractivity contribution is 0.0932. The number of methoxy groups -OCH3 is 1. The molecule has 6 heteroatoms. The number of ether oxygens (including phenoxy) is 1. The van der Waals surface area contributed by atoms with Gasteiger partial charge >= 0.3 is 0 Å². The Morgan fingerprint density at radius 1 is 1.33 bits per heavy atom.